The zero-order valence-corrected chi connectivity index (χ0v) is 12.0. The number of nitrogens with zero attached hydrogens (tertiary/aromatic N) is 1. The van der Waals surface area contributed by atoms with Crippen LogP contribution in [-0.4, -0.2) is 52.3 Å². The molecule has 1 aromatic heterocycles. The van der Waals surface area contributed by atoms with Gasteiger partial charge in [0.2, 0.25) is 0 Å². The molecule has 3 heterocycles. The van der Waals surface area contributed by atoms with Crippen LogP contribution >= 0.6 is 0 Å². The summed E-state index contributed by atoms with van der Waals surface area (Å²) in [5.41, 5.74) is 0.395. The van der Waals surface area contributed by atoms with Gasteiger partial charge in [0, 0.05) is 24.1 Å². The summed E-state index contributed by atoms with van der Waals surface area (Å²) in [4.78, 5) is 17.2. The number of aromatic amines is 1. The highest BCUT2D eigenvalue weighted by Crippen LogP contribution is 2.35. The van der Waals surface area contributed by atoms with Crippen molar-refractivity contribution in [2.75, 3.05) is 19.7 Å². The molecule has 0 aliphatic carbocycles. The Morgan fingerprint density at radius 3 is 3.09 bits per heavy atom. The maximum Gasteiger partial charge on any atom is 0.270 e. The van der Waals surface area contributed by atoms with Crippen LogP contribution in [0.4, 0.5) is 4.39 Å². The molecule has 0 unspecified atom stereocenters. The number of ether oxygens (including phenoxy) is 1. The van der Waals surface area contributed by atoms with Crippen molar-refractivity contribution in [3.8, 4) is 0 Å². The van der Waals surface area contributed by atoms with Crippen LogP contribution in [0.15, 0.2) is 24.3 Å². The first-order chi connectivity index (χ1) is 10.6. The maximum atomic E-state index is 13.2. The molecule has 2 atom stereocenters. The molecule has 0 bridgehead atoms. The van der Waals surface area contributed by atoms with Crippen LogP contribution in [0.2, 0.25) is 0 Å². The Bertz CT molecular complexity index is 736. The molecule has 2 N–H and O–H groups in total. The zero-order chi connectivity index (χ0) is 15.3. The fourth-order valence-electron chi connectivity index (χ4n) is 3.51. The van der Waals surface area contributed by atoms with Gasteiger partial charge in [-0.2, -0.15) is 0 Å². The van der Waals surface area contributed by atoms with Crippen molar-refractivity contribution in [2.45, 2.75) is 24.5 Å². The zero-order valence-electron chi connectivity index (χ0n) is 12.0. The molecule has 4 rings (SSSR count). The molecule has 2 aromatic rings. The van der Waals surface area contributed by atoms with Crippen molar-refractivity contribution in [1.29, 1.82) is 0 Å². The first-order valence-electron chi connectivity index (χ1n) is 7.47. The molecule has 2 saturated heterocycles. The maximum absolute atomic E-state index is 13.2. The topological polar surface area (TPSA) is 65.6 Å². The van der Waals surface area contributed by atoms with E-state index in [2.05, 4.69) is 4.98 Å². The average Bonchev–Trinajstić information content (AvgIpc) is 3.19. The van der Waals surface area contributed by atoms with Gasteiger partial charge >= 0.3 is 0 Å². The lowest BCUT2D eigenvalue weighted by Crippen LogP contribution is -2.41. The second-order valence-electron chi connectivity index (χ2n) is 6.13. The number of hydrogen-bond donors (Lipinski definition) is 2. The van der Waals surface area contributed by atoms with E-state index >= 15 is 0 Å². The van der Waals surface area contributed by atoms with Crippen molar-refractivity contribution in [3.05, 3.63) is 35.8 Å². The van der Waals surface area contributed by atoms with Crippen LogP contribution in [0.1, 0.15) is 23.3 Å². The predicted octanol–water partition coefficient (Wildman–Crippen LogP) is 1.67. The number of β-amino-alcohol motifs (C(OH)–C–C–N with tert-alkyl or cyclic N) is 1. The van der Waals surface area contributed by atoms with Crippen molar-refractivity contribution in [1.82, 2.24) is 9.88 Å². The standard InChI is InChI=1S/C16H17FN2O3/c17-11-3-2-10-6-13(18-12(10)7-11)15(21)19-8-14(20)16(9-19)4-1-5-22-16/h2-3,6-7,14,18,20H,1,4-5,8-9H2/t14-,16-/m0/s1. The number of aliphatic hydroxyl groups excluding tert-OH is 1. The van der Waals surface area contributed by atoms with Gasteiger partial charge in [0.15, 0.2) is 0 Å². The van der Waals surface area contributed by atoms with E-state index in [1.807, 2.05) is 0 Å². The Balaban J connectivity index is 1.61. The summed E-state index contributed by atoms with van der Waals surface area (Å²) in [6, 6.07) is 6.08. The van der Waals surface area contributed by atoms with Gasteiger partial charge in [-0.1, -0.05) is 0 Å². The van der Waals surface area contributed by atoms with Crippen LogP contribution in [0, 0.1) is 5.82 Å². The predicted molar refractivity (Wildman–Crippen MR) is 78.1 cm³/mol. The van der Waals surface area contributed by atoms with Crippen LogP contribution in [-0.2, 0) is 4.74 Å². The number of amides is 1. The van der Waals surface area contributed by atoms with E-state index in [0.717, 1.165) is 18.2 Å². The lowest BCUT2D eigenvalue weighted by atomic mass is 9.97. The summed E-state index contributed by atoms with van der Waals surface area (Å²) in [5.74, 6) is -0.536. The number of fused-ring (bicyclic) bond motifs is 1. The average molecular weight is 304 g/mol. The molecular weight excluding hydrogens is 287 g/mol. The van der Waals surface area contributed by atoms with Crippen molar-refractivity contribution >= 4 is 16.8 Å². The molecular formula is C16H17FN2O3. The van der Waals surface area contributed by atoms with Crippen molar-refractivity contribution < 1.29 is 19.0 Å². The Morgan fingerprint density at radius 2 is 2.32 bits per heavy atom. The number of H-pyrrole nitrogens is 1. The Hall–Kier alpha value is -1.92. The number of aromatic nitrogens is 1. The SMILES string of the molecule is O=C(c1cc2ccc(F)cc2[nH]1)N1C[C@H](O)[C@]2(CCCO2)C1. The van der Waals surface area contributed by atoms with E-state index in [4.69, 9.17) is 4.74 Å². The van der Waals surface area contributed by atoms with Gasteiger partial charge in [-0.05, 0) is 37.1 Å². The lowest BCUT2D eigenvalue weighted by Gasteiger charge is -2.25. The van der Waals surface area contributed by atoms with Crippen LogP contribution in [0.3, 0.4) is 0 Å². The number of halogens is 1. The van der Waals surface area contributed by atoms with E-state index in [0.29, 0.717) is 24.4 Å². The normalized spacial score (nSPS) is 28.1. The quantitative estimate of drug-likeness (QED) is 0.842. The number of aliphatic hydroxyl groups is 1. The van der Waals surface area contributed by atoms with Crippen molar-refractivity contribution in [2.24, 2.45) is 0 Å². The number of hydrogen-bond acceptors (Lipinski definition) is 3. The summed E-state index contributed by atoms with van der Waals surface area (Å²) in [6.45, 7) is 1.30. The molecule has 2 aliphatic heterocycles. The molecule has 1 aromatic carbocycles. The number of rotatable bonds is 1. The number of nitrogens with one attached hydrogen (secondary N) is 1. The van der Waals surface area contributed by atoms with E-state index in [1.54, 1.807) is 17.0 Å². The van der Waals surface area contributed by atoms with Crippen LogP contribution in [0.5, 0.6) is 0 Å². The van der Waals surface area contributed by atoms with E-state index < -0.39 is 11.7 Å². The molecule has 1 spiro atoms. The molecule has 0 radical (unpaired) electrons. The fraction of sp³-hybridized carbons (Fsp3) is 0.438. The first-order valence-corrected chi connectivity index (χ1v) is 7.47. The summed E-state index contributed by atoms with van der Waals surface area (Å²) < 4.78 is 18.9. The van der Waals surface area contributed by atoms with Gasteiger partial charge in [0.05, 0.1) is 6.54 Å². The molecule has 22 heavy (non-hydrogen) atoms. The fourth-order valence-corrected chi connectivity index (χ4v) is 3.51. The lowest BCUT2D eigenvalue weighted by molar-refractivity contribution is -0.0590. The minimum absolute atomic E-state index is 0.192. The smallest absolute Gasteiger partial charge is 0.270 e. The molecule has 1 amide bonds. The van der Waals surface area contributed by atoms with Gasteiger partial charge in [0.25, 0.3) is 5.91 Å². The summed E-state index contributed by atoms with van der Waals surface area (Å²) >= 11 is 0. The molecule has 116 valence electrons. The largest absolute Gasteiger partial charge is 0.388 e. The minimum Gasteiger partial charge on any atom is -0.388 e. The molecule has 2 aliphatic rings. The van der Waals surface area contributed by atoms with Crippen LogP contribution < -0.4 is 0 Å². The highest BCUT2D eigenvalue weighted by Gasteiger charge is 2.50. The van der Waals surface area contributed by atoms with Gasteiger partial charge in [-0.3, -0.25) is 4.79 Å². The number of likely N-dealkylation sites (tertiary alicyclic amines) is 1. The number of carbonyl (C=O) groups is 1. The third-order valence-electron chi connectivity index (χ3n) is 4.70. The van der Waals surface area contributed by atoms with Crippen molar-refractivity contribution in [3.63, 3.8) is 0 Å². The van der Waals surface area contributed by atoms with Gasteiger partial charge in [0.1, 0.15) is 23.2 Å². The number of carbonyl (C=O) groups excluding carboxylic acids is 1. The highest BCUT2D eigenvalue weighted by molar-refractivity contribution is 5.98. The second kappa shape index (κ2) is 4.79. The second-order valence-corrected chi connectivity index (χ2v) is 6.13. The van der Waals surface area contributed by atoms with Gasteiger partial charge < -0.3 is 19.7 Å². The third-order valence-corrected chi connectivity index (χ3v) is 4.70. The van der Waals surface area contributed by atoms with Crippen LogP contribution in [0.25, 0.3) is 10.9 Å². The first kappa shape index (κ1) is 13.7. The highest BCUT2D eigenvalue weighted by atomic mass is 19.1. The summed E-state index contributed by atoms with van der Waals surface area (Å²) in [5, 5.41) is 11.0. The van der Waals surface area contributed by atoms with Gasteiger partial charge in [-0.15, -0.1) is 0 Å². The monoisotopic (exact) mass is 304 g/mol. The summed E-state index contributed by atoms with van der Waals surface area (Å²) in [6.07, 6.45) is 1.03. The third kappa shape index (κ3) is 2.02. The Morgan fingerprint density at radius 1 is 1.45 bits per heavy atom. The van der Waals surface area contributed by atoms with E-state index in [-0.39, 0.29) is 18.3 Å². The molecule has 6 heteroatoms. The molecule has 2 fully saturated rings. The summed E-state index contributed by atoms with van der Waals surface area (Å²) in [7, 11) is 0. The van der Waals surface area contributed by atoms with E-state index in [1.165, 1.54) is 12.1 Å². The molecule has 5 nitrogen and oxygen atoms in total. The Labute approximate surface area is 126 Å². The van der Waals surface area contributed by atoms with Gasteiger partial charge in [-0.25, -0.2) is 4.39 Å². The number of benzene rings is 1. The Kier molecular flexibility index (Phi) is 2.99. The molecule has 0 saturated carbocycles. The minimum atomic E-state index is -0.652. The van der Waals surface area contributed by atoms with E-state index in [9.17, 15) is 14.3 Å².